The molecule has 0 saturated heterocycles. The van der Waals surface area contributed by atoms with Gasteiger partial charge < -0.3 is 5.32 Å². The average molecular weight is 439 g/mol. The number of carbonyl (C=O) groups excluding carboxylic acids is 1. The summed E-state index contributed by atoms with van der Waals surface area (Å²) < 4.78 is 1.14. The van der Waals surface area contributed by atoms with Gasteiger partial charge >= 0.3 is 0 Å². The number of hydrogen-bond donors (Lipinski definition) is 1. The molecule has 0 saturated carbocycles. The summed E-state index contributed by atoms with van der Waals surface area (Å²) >= 11 is 13.7. The molecule has 6 heteroatoms. The zero-order valence-electron chi connectivity index (χ0n) is 15.4. The lowest BCUT2D eigenvalue weighted by Crippen LogP contribution is -2.09. The number of thiazole rings is 1. The van der Waals surface area contributed by atoms with Crippen LogP contribution in [0.3, 0.4) is 0 Å². The van der Waals surface area contributed by atoms with Gasteiger partial charge in [-0.2, -0.15) is 0 Å². The molecule has 0 aliphatic carbocycles. The second kappa shape index (κ2) is 8.37. The third-order valence-corrected chi connectivity index (χ3v) is 6.12. The van der Waals surface area contributed by atoms with Crippen LogP contribution in [0.2, 0.25) is 10.0 Å². The molecule has 0 radical (unpaired) electrons. The molecule has 0 unspecified atom stereocenters. The van der Waals surface area contributed by atoms with E-state index in [0.29, 0.717) is 10.0 Å². The zero-order valence-corrected chi connectivity index (χ0v) is 17.8. The number of fused-ring (bicyclic) bond motifs is 1. The van der Waals surface area contributed by atoms with Crippen molar-refractivity contribution in [2.75, 3.05) is 5.32 Å². The molecular weight excluding hydrogens is 423 g/mol. The molecule has 0 fully saturated rings. The lowest BCUT2D eigenvalue weighted by molar-refractivity contribution is -0.111. The lowest BCUT2D eigenvalue weighted by Gasteiger charge is -2.10. The summed E-state index contributed by atoms with van der Waals surface area (Å²) in [6.45, 7) is 1.98. The minimum Gasteiger partial charge on any atom is -0.322 e. The van der Waals surface area contributed by atoms with Crippen molar-refractivity contribution in [1.82, 2.24) is 4.98 Å². The van der Waals surface area contributed by atoms with E-state index in [9.17, 15) is 4.79 Å². The van der Waals surface area contributed by atoms with Crippen LogP contribution in [0.4, 0.5) is 5.69 Å². The van der Waals surface area contributed by atoms with Crippen LogP contribution in [0.1, 0.15) is 11.1 Å². The van der Waals surface area contributed by atoms with Crippen LogP contribution < -0.4 is 5.32 Å². The zero-order chi connectivity index (χ0) is 20.4. The first-order chi connectivity index (χ1) is 14.0. The van der Waals surface area contributed by atoms with E-state index in [1.54, 1.807) is 35.6 Å². The molecule has 3 aromatic carbocycles. The Labute approximate surface area is 182 Å². The fourth-order valence-corrected chi connectivity index (χ4v) is 4.49. The van der Waals surface area contributed by atoms with Gasteiger partial charge in [0.15, 0.2) is 0 Å². The van der Waals surface area contributed by atoms with Crippen molar-refractivity contribution in [2.24, 2.45) is 0 Å². The number of carbonyl (C=O) groups is 1. The quantitative estimate of drug-likeness (QED) is 0.341. The van der Waals surface area contributed by atoms with Crippen molar-refractivity contribution < 1.29 is 4.79 Å². The number of nitrogens with one attached hydrogen (secondary N) is 1. The fraction of sp³-hybridized carbons (Fsp3) is 0.0435. The van der Waals surface area contributed by atoms with Gasteiger partial charge in [0.05, 0.1) is 10.2 Å². The van der Waals surface area contributed by atoms with Gasteiger partial charge in [0.2, 0.25) is 5.91 Å². The maximum atomic E-state index is 12.4. The van der Waals surface area contributed by atoms with Crippen molar-refractivity contribution in [1.29, 1.82) is 0 Å². The topological polar surface area (TPSA) is 42.0 Å². The van der Waals surface area contributed by atoms with Gasteiger partial charge in [-0.05, 0) is 54.5 Å². The summed E-state index contributed by atoms with van der Waals surface area (Å²) in [6, 6.07) is 19.0. The number of anilines is 1. The smallest absolute Gasteiger partial charge is 0.248 e. The summed E-state index contributed by atoms with van der Waals surface area (Å²) in [5, 5.41) is 4.92. The van der Waals surface area contributed by atoms with E-state index in [0.717, 1.165) is 37.6 Å². The maximum Gasteiger partial charge on any atom is 0.248 e. The molecule has 0 aliphatic rings. The third-order valence-electron chi connectivity index (χ3n) is 4.49. The largest absolute Gasteiger partial charge is 0.322 e. The Morgan fingerprint density at radius 1 is 1.07 bits per heavy atom. The van der Waals surface area contributed by atoms with Crippen molar-refractivity contribution in [3.8, 4) is 10.6 Å². The van der Waals surface area contributed by atoms with Crippen molar-refractivity contribution in [2.45, 2.75) is 6.92 Å². The number of amides is 1. The van der Waals surface area contributed by atoms with Gasteiger partial charge in [0, 0.05) is 27.4 Å². The molecule has 29 heavy (non-hydrogen) atoms. The molecule has 144 valence electrons. The number of halogens is 2. The highest BCUT2D eigenvalue weighted by molar-refractivity contribution is 7.21. The van der Waals surface area contributed by atoms with Gasteiger partial charge in [-0.3, -0.25) is 4.79 Å². The van der Waals surface area contributed by atoms with Crippen LogP contribution in [0.5, 0.6) is 0 Å². The summed E-state index contributed by atoms with van der Waals surface area (Å²) in [5.74, 6) is -0.236. The fourth-order valence-electron chi connectivity index (χ4n) is 2.97. The highest BCUT2D eigenvalue weighted by atomic mass is 35.5. The molecule has 0 spiro atoms. The molecule has 1 aromatic heterocycles. The summed E-state index contributed by atoms with van der Waals surface area (Å²) in [7, 11) is 0. The van der Waals surface area contributed by atoms with Gasteiger partial charge in [-0.15, -0.1) is 11.3 Å². The molecule has 1 N–H and O–H groups in total. The minimum atomic E-state index is -0.236. The first-order valence-electron chi connectivity index (χ1n) is 8.91. The van der Waals surface area contributed by atoms with E-state index in [2.05, 4.69) is 11.4 Å². The molecule has 0 bridgehead atoms. The Morgan fingerprint density at radius 2 is 1.90 bits per heavy atom. The van der Waals surface area contributed by atoms with E-state index in [4.69, 9.17) is 28.2 Å². The molecule has 0 aliphatic heterocycles. The minimum absolute atomic E-state index is 0.236. The molecule has 1 heterocycles. The normalized spacial score (nSPS) is 11.3. The van der Waals surface area contributed by atoms with Crippen molar-refractivity contribution >= 4 is 62.4 Å². The molecule has 4 rings (SSSR count). The van der Waals surface area contributed by atoms with E-state index < -0.39 is 0 Å². The van der Waals surface area contributed by atoms with Gasteiger partial charge in [0.25, 0.3) is 0 Å². The van der Waals surface area contributed by atoms with Gasteiger partial charge in [-0.25, -0.2) is 4.98 Å². The van der Waals surface area contributed by atoms with Crippen LogP contribution in [0, 0.1) is 6.92 Å². The molecule has 0 atom stereocenters. The number of aromatic nitrogens is 1. The summed E-state index contributed by atoms with van der Waals surface area (Å²) in [5.41, 5.74) is 4.43. The monoisotopic (exact) mass is 438 g/mol. The second-order valence-corrected chi connectivity index (χ2v) is 8.33. The average Bonchev–Trinajstić information content (AvgIpc) is 3.13. The SMILES string of the molecule is Cc1c(NC(=O)C=Cc2ccc(Cl)cc2Cl)cccc1-c1nc2ccccc2s1. The van der Waals surface area contributed by atoms with Crippen LogP contribution in [-0.2, 0) is 4.79 Å². The standard InChI is InChI=1S/C23H16Cl2N2OS/c1-14-17(23-27-20-6-2-3-8-21(20)29-23)5-4-7-19(14)26-22(28)12-10-15-9-11-16(24)13-18(15)25/h2-13H,1H3,(H,26,28). The van der Waals surface area contributed by atoms with Crippen LogP contribution in [0.15, 0.2) is 66.7 Å². The number of rotatable bonds is 4. The first kappa shape index (κ1) is 19.6. The highest BCUT2D eigenvalue weighted by Gasteiger charge is 2.12. The van der Waals surface area contributed by atoms with Gasteiger partial charge in [-0.1, -0.05) is 53.5 Å². The highest BCUT2D eigenvalue weighted by Crippen LogP contribution is 2.34. The number of para-hydroxylation sites is 1. The van der Waals surface area contributed by atoms with Crippen molar-refractivity contribution in [3.63, 3.8) is 0 Å². The van der Waals surface area contributed by atoms with Crippen LogP contribution in [0.25, 0.3) is 26.9 Å². The second-order valence-electron chi connectivity index (χ2n) is 6.45. The number of benzene rings is 3. The Bertz CT molecular complexity index is 1210. The molecular formula is C23H16Cl2N2OS. The van der Waals surface area contributed by atoms with E-state index >= 15 is 0 Å². The Hall–Kier alpha value is -2.66. The van der Waals surface area contributed by atoms with E-state index in [1.807, 2.05) is 43.3 Å². The number of nitrogens with zero attached hydrogens (tertiary/aromatic N) is 1. The Morgan fingerprint density at radius 3 is 2.69 bits per heavy atom. The number of hydrogen-bond acceptors (Lipinski definition) is 3. The first-order valence-corrected chi connectivity index (χ1v) is 10.5. The van der Waals surface area contributed by atoms with Crippen LogP contribution in [-0.4, -0.2) is 10.9 Å². The van der Waals surface area contributed by atoms with Crippen molar-refractivity contribution in [3.05, 3.63) is 87.9 Å². The predicted molar refractivity (Wildman–Crippen MR) is 124 cm³/mol. The van der Waals surface area contributed by atoms with E-state index in [-0.39, 0.29) is 5.91 Å². The Balaban J connectivity index is 1.57. The molecule has 1 amide bonds. The molecule has 4 aromatic rings. The molecule has 3 nitrogen and oxygen atoms in total. The van der Waals surface area contributed by atoms with Crippen LogP contribution >= 0.6 is 34.5 Å². The van der Waals surface area contributed by atoms with E-state index in [1.165, 1.54) is 6.08 Å². The predicted octanol–water partition coefficient (Wildman–Crippen LogP) is 7.23. The lowest BCUT2D eigenvalue weighted by atomic mass is 10.1. The summed E-state index contributed by atoms with van der Waals surface area (Å²) in [4.78, 5) is 17.1. The van der Waals surface area contributed by atoms with Gasteiger partial charge in [0.1, 0.15) is 5.01 Å². The third kappa shape index (κ3) is 4.35. The summed E-state index contributed by atoms with van der Waals surface area (Å²) in [6.07, 6.45) is 3.12. The Kier molecular flexibility index (Phi) is 5.67. The maximum absolute atomic E-state index is 12.4.